The molecule has 2 heterocycles. The van der Waals surface area contributed by atoms with Crippen LogP contribution in [0.3, 0.4) is 0 Å². The van der Waals surface area contributed by atoms with E-state index in [-0.39, 0.29) is 6.04 Å². The van der Waals surface area contributed by atoms with Gasteiger partial charge in [-0.15, -0.1) is 5.10 Å². The Kier molecular flexibility index (Phi) is 3.56. The molecule has 0 fully saturated rings. The molecule has 0 bridgehead atoms. The van der Waals surface area contributed by atoms with E-state index in [9.17, 15) is 0 Å². The van der Waals surface area contributed by atoms with Crippen LogP contribution in [0.25, 0.3) is 0 Å². The van der Waals surface area contributed by atoms with E-state index in [0.717, 1.165) is 29.2 Å². The molecule has 0 spiro atoms. The Morgan fingerprint density at radius 3 is 3.10 bits per heavy atom. The first kappa shape index (κ1) is 12.9. The highest BCUT2D eigenvalue weighted by molar-refractivity contribution is 5.43. The molecular weight excluding hydrogens is 258 g/mol. The molecule has 6 heteroatoms. The Balaban J connectivity index is 1.95. The standard InChI is InChI=1S/C14H17N3O3/c1-18-9-10-8-17(16-15-10)13-5-6-20-14-4-3-11(19-2)7-12(13)14/h3-4,7-8,13H,5-6,9H2,1-2H3/t13-/m1/s1. The molecule has 6 nitrogen and oxygen atoms in total. The lowest BCUT2D eigenvalue weighted by Gasteiger charge is -2.26. The van der Waals surface area contributed by atoms with Crippen molar-refractivity contribution in [2.45, 2.75) is 19.1 Å². The van der Waals surface area contributed by atoms with Gasteiger partial charge in [0.1, 0.15) is 17.2 Å². The van der Waals surface area contributed by atoms with E-state index in [1.54, 1.807) is 14.2 Å². The van der Waals surface area contributed by atoms with Gasteiger partial charge in [-0.05, 0) is 18.2 Å². The van der Waals surface area contributed by atoms with Gasteiger partial charge >= 0.3 is 0 Å². The van der Waals surface area contributed by atoms with Crippen LogP contribution < -0.4 is 9.47 Å². The molecule has 1 atom stereocenters. The first-order chi connectivity index (χ1) is 9.81. The summed E-state index contributed by atoms with van der Waals surface area (Å²) in [6.45, 7) is 1.14. The topological polar surface area (TPSA) is 58.4 Å². The van der Waals surface area contributed by atoms with E-state index in [0.29, 0.717) is 13.2 Å². The number of aromatic nitrogens is 3. The van der Waals surface area contributed by atoms with E-state index in [1.807, 2.05) is 29.1 Å². The number of fused-ring (bicyclic) bond motifs is 1. The van der Waals surface area contributed by atoms with Gasteiger partial charge in [0.2, 0.25) is 0 Å². The summed E-state index contributed by atoms with van der Waals surface area (Å²) in [6.07, 6.45) is 2.78. The van der Waals surface area contributed by atoms with E-state index >= 15 is 0 Å². The Bertz CT molecular complexity index is 597. The second kappa shape index (κ2) is 5.50. The fraction of sp³-hybridized carbons (Fsp3) is 0.429. The van der Waals surface area contributed by atoms with Crippen LogP contribution >= 0.6 is 0 Å². The van der Waals surface area contributed by atoms with Crippen LogP contribution in [-0.2, 0) is 11.3 Å². The Morgan fingerprint density at radius 2 is 2.30 bits per heavy atom. The van der Waals surface area contributed by atoms with E-state index < -0.39 is 0 Å². The number of hydrogen-bond acceptors (Lipinski definition) is 5. The van der Waals surface area contributed by atoms with Gasteiger partial charge in [0.25, 0.3) is 0 Å². The van der Waals surface area contributed by atoms with Crippen molar-refractivity contribution < 1.29 is 14.2 Å². The molecule has 1 aliphatic rings. The van der Waals surface area contributed by atoms with E-state index in [2.05, 4.69) is 10.3 Å². The zero-order chi connectivity index (χ0) is 13.9. The number of benzene rings is 1. The summed E-state index contributed by atoms with van der Waals surface area (Å²) in [5, 5.41) is 8.32. The fourth-order valence-corrected chi connectivity index (χ4v) is 2.44. The lowest BCUT2D eigenvalue weighted by molar-refractivity contribution is 0.181. The predicted octanol–water partition coefficient (Wildman–Crippen LogP) is 1.81. The van der Waals surface area contributed by atoms with E-state index in [1.165, 1.54) is 0 Å². The number of methoxy groups -OCH3 is 2. The zero-order valence-electron chi connectivity index (χ0n) is 11.6. The quantitative estimate of drug-likeness (QED) is 0.851. The van der Waals surface area contributed by atoms with Gasteiger partial charge in [-0.1, -0.05) is 5.21 Å². The molecule has 0 N–H and O–H groups in total. The lowest BCUT2D eigenvalue weighted by Crippen LogP contribution is -2.20. The molecule has 1 aromatic heterocycles. The second-order valence-electron chi connectivity index (χ2n) is 4.68. The highest BCUT2D eigenvalue weighted by Crippen LogP contribution is 2.36. The first-order valence-electron chi connectivity index (χ1n) is 6.52. The molecule has 0 saturated heterocycles. The van der Waals surface area contributed by atoms with Crippen LogP contribution in [0.5, 0.6) is 11.5 Å². The van der Waals surface area contributed by atoms with Gasteiger partial charge in [-0.2, -0.15) is 0 Å². The van der Waals surface area contributed by atoms with Gasteiger partial charge in [0.05, 0.1) is 32.6 Å². The third kappa shape index (κ3) is 2.34. The van der Waals surface area contributed by atoms with Crippen molar-refractivity contribution in [3.8, 4) is 11.5 Å². The van der Waals surface area contributed by atoms with Crippen LogP contribution in [-0.4, -0.2) is 35.8 Å². The maximum atomic E-state index is 5.69. The molecule has 106 valence electrons. The van der Waals surface area contributed by atoms with Crippen LogP contribution in [0.1, 0.15) is 23.7 Å². The molecule has 3 rings (SSSR count). The molecular formula is C14H17N3O3. The number of rotatable bonds is 4. The maximum Gasteiger partial charge on any atom is 0.124 e. The van der Waals surface area contributed by atoms with Crippen molar-refractivity contribution in [2.24, 2.45) is 0 Å². The van der Waals surface area contributed by atoms with Crippen LogP contribution in [0, 0.1) is 0 Å². The summed E-state index contributed by atoms with van der Waals surface area (Å²) in [7, 11) is 3.31. The molecule has 1 aliphatic heterocycles. The van der Waals surface area contributed by atoms with Crippen molar-refractivity contribution in [2.75, 3.05) is 20.8 Å². The largest absolute Gasteiger partial charge is 0.497 e. The summed E-state index contributed by atoms with van der Waals surface area (Å²) < 4.78 is 17.9. The summed E-state index contributed by atoms with van der Waals surface area (Å²) >= 11 is 0. The lowest BCUT2D eigenvalue weighted by atomic mass is 10.0. The van der Waals surface area contributed by atoms with Gasteiger partial charge in [-0.3, -0.25) is 0 Å². The van der Waals surface area contributed by atoms with E-state index in [4.69, 9.17) is 14.2 Å². The summed E-state index contributed by atoms with van der Waals surface area (Å²) in [6, 6.07) is 5.95. The smallest absolute Gasteiger partial charge is 0.124 e. The normalized spacial score (nSPS) is 17.4. The Labute approximate surface area is 117 Å². The van der Waals surface area contributed by atoms with Gasteiger partial charge in [-0.25, -0.2) is 4.68 Å². The van der Waals surface area contributed by atoms with Crippen molar-refractivity contribution >= 4 is 0 Å². The van der Waals surface area contributed by atoms with Crippen LogP contribution in [0.2, 0.25) is 0 Å². The van der Waals surface area contributed by atoms with Crippen LogP contribution in [0.4, 0.5) is 0 Å². The molecule has 1 aromatic carbocycles. The third-order valence-corrected chi connectivity index (χ3v) is 3.39. The fourth-order valence-electron chi connectivity index (χ4n) is 2.44. The molecule has 0 radical (unpaired) electrons. The second-order valence-corrected chi connectivity index (χ2v) is 4.68. The SMILES string of the molecule is COCc1cn([C@@H]2CCOc3ccc(OC)cc32)nn1. The van der Waals surface area contributed by atoms with Gasteiger partial charge in [0, 0.05) is 19.1 Å². The molecule has 0 aliphatic carbocycles. The summed E-state index contributed by atoms with van der Waals surface area (Å²) in [4.78, 5) is 0. The average molecular weight is 275 g/mol. The van der Waals surface area contributed by atoms with Crippen molar-refractivity contribution in [3.63, 3.8) is 0 Å². The van der Waals surface area contributed by atoms with Gasteiger partial charge < -0.3 is 14.2 Å². The zero-order valence-corrected chi connectivity index (χ0v) is 11.6. The summed E-state index contributed by atoms with van der Waals surface area (Å²) in [5.74, 6) is 1.70. The number of nitrogens with zero attached hydrogens (tertiary/aromatic N) is 3. The van der Waals surface area contributed by atoms with Gasteiger partial charge in [0.15, 0.2) is 0 Å². The molecule has 2 aromatic rings. The minimum atomic E-state index is 0.118. The molecule has 20 heavy (non-hydrogen) atoms. The summed E-state index contributed by atoms with van der Waals surface area (Å²) in [5.41, 5.74) is 1.90. The Morgan fingerprint density at radius 1 is 1.40 bits per heavy atom. The molecule has 0 amide bonds. The van der Waals surface area contributed by atoms with Crippen LogP contribution in [0.15, 0.2) is 24.4 Å². The predicted molar refractivity (Wildman–Crippen MR) is 72.0 cm³/mol. The minimum Gasteiger partial charge on any atom is -0.497 e. The van der Waals surface area contributed by atoms with Crippen molar-refractivity contribution in [1.82, 2.24) is 15.0 Å². The monoisotopic (exact) mass is 275 g/mol. The maximum absolute atomic E-state index is 5.69. The highest BCUT2D eigenvalue weighted by Gasteiger charge is 2.24. The highest BCUT2D eigenvalue weighted by atomic mass is 16.5. The minimum absolute atomic E-state index is 0.118. The number of hydrogen-bond donors (Lipinski definition) is 0. The average Bonchev–Trinajstić information content (AvgIpc) is 2.95. The Hall–Kier alpha value is -2.08. The number of ether oxygens (including phenoxy) is 3. The third-order valence-electron chi connectivity index (χ3n) is 3.39. The van der Waals surface area contributed by atoms with Crippen molar-refractivity contribution in [3.05, 3.63) is 35.7 Å². The molecule has 0 unspecified atom stereocenters. The van der Waals surface area contributed by atoms with Crippen molar-refractivity contribution in [1.29, 1.82) is 0 Å². The molecule has 0 saturated carbocycles. The first-order valence-corrected chi connectivity index (χ1v) is 6.52.